The minimum Gasteiger partial charge on any atom is -0.330 e. The molecule has 0 fully saturated rings. The number of anilines is 1. The number of nitrogens with one attached hydrogen (secondary N) is 1. The normalized spacial score (nSPS) is 9.96. The molecule has 23 heavy (non-hydrogen) atoms. The van der Waals surface area contributed by atoms with Crippen LogP contribution in [-0.4, -0.2) is 31.4 Å². The van der Waals surface area contributed by atoms with Crippen LogP contribution in [0.4, 0.5) is 5.69 Å². The highest BCUT2D eigenvalue weighted by Crippen LogP contribution is 2.19. The molecule has 3 N–H and O–H groups in total. The van der Waals surface area contributed by atoms with Crippen LogP contribution in [0, 0.1) is 6.92 Å². The minimum absolute atomic E-state index is 0. The molecule has 6 heteroatoms. The second kappa shape index (κ2) is 13.6. The zero-order valence-corrected chi connectivity index (χ0v) is 16.1. The molecular weight excluding hydrogens is 333 g/mol. The van der Waals surface area contributed by atoms with Crippen molar-refractivity contribution in [2.24, 2.45) is 5.73 Å². The Labute approximate surface area is 153 Å². The average Bonchev–Trinajstić information content (AvgIpc) is 2.41. The van der Waals surface area contributed by atoms with Crippen molar-refractivity contribution >= 4 is 36.4 Å². The van der Waals surface area contributed by atoms with Crippen LogP contribution in [0.25, 0.3) is 0 Å². The first-order chi connectivity index (χ1) is 10.0. The SMILES string of the molecule is Cc1ccc(NC(=O)CCCCCCN)c(CN(C)C)c1.Cl.Cl. The van der Waals surface area contributed by atoms with Gasteiger partial charge < -0.3 is 16.0 Å². The van der Waals surface area contributed by atoms with E-state index in [1.54, 1.807) is 0 Å². The van der Waals surface area contributed by atoms with Gasteiger partial charge in [-0.25, -0.2) is 0 Å². The summed E-state index contributed by atoms with van der Waals surface area (Å²) in [6, 6.07) is 6.17. The molecule has 0 aromatic heterocycles. The molecule has 4 nitrogen and oxygen atoms in total. The van der Waals surface area contributed by atoms with E-state index in [2.05, 4.69) is 23.2 Å². The van der Waals surface area contributed by atoms with Crippen LogP contribution in [-0.2, 0) is 11.3 Å². The predicted octanol–water partition coefficient (Wildman–Crippen LogP) is 3.75. The fourth-order valence-electron chi connectivity index (χ4n) is 2.31. The van der Waals surface area contributed by atoms with E-state index in [9.17, 15) is 4.79 Å². The summed E-state index contributed by atoms with van der Waals surface area (Å²) in [5.74, 6) is 0.103. The second-order valence-electron chi connectivity index (χ2n) is 5.90. The first kappa shape index (κ1) is 24.4. The summed E-state index contributed by atoms with van der Waals surface area (Å²) in [4.78, 5) is 14.1. The van der Waals surface area contributed by atoms with E-state index in [4.69, 9.17) is 5.73 Å². The van der Waals surface area contributed by atoms with Crippen molar-refractivity contribution in [1.29, 1.82) is 0 Å². The van der Waals surface area contributed by atoms with Crippen molar-refractivity contribution in [3.05, 3.63) is 29.3 Å². The van der Waals surface area contributed by atoms with Gasteiger partial charge in [0, 0.05) is 18.7 Å². The van der Waals surface area contributed by atoms with Gasteiger partial charge in [-0.1, -0.05) is 30.5 Å². The smallest absolute Gasteiger partial charge is 0.224 e. The van der Waals surface area contributed by atoms with Crippen LogP contribution >= 0.6 is 24.8 Å². The quantitative estimate of drug-likeness (QED) is 0.656. The third-order valence-corrected chi connectivity index (χ3v) is 3.38. The summed E-state index contributed by atoms with van der Waals surface area (Å²) in [5.41, 5.74) is 8.77. The molecule has 0 unspecified atom stereocenters. The number of carbonyl (C=O) groups excluding carboxylic acids is 1. The van der Waals surface area contributed by atoms with Gasteiger partial charge in [0.05, 0.1) is 0 Å². The van der Waals surface area contributed by atoms with Crippen molar-refractivity contribution in [1.82, 2.24) is 4.90 Å². The van der Waals surface area contributed by atoms with Crippen LogP contribution in [0.2, 0.25) is 0 Å². The number of hydrogen-bond donors (Lipinski definition) is 2. The predicted molar refractivity (Wildman–Crippen MR) is 104 cm³/mol. The van der Waals surface area contributed by atoms with E-state index in [1.165, 1.54) is 5.56 Å². The van der Waals surface area contributed by atoms with Crippen molar-refractivity contribution in [2.45, 2.75) is 45.6 Å². The second-order valence-corrected chi connectivity index (χ2v) is 5.90. The van der Waals surface area contributed by atoms with Gasteiger partial charge in [0.25, 0.3) is 0 Å². The summed E-state index contributed by atoms with van der Waals surface area (Å²) in [7, 11) is 4.07. The molecule has 1 amide bonds. The zero-order valence-electron chi connectivity index (χ0n) is 14.4. The Morgan fingerprint density at radius 3 is 2.39 bits per heavy atom. The molecule has 0 aliphatic rings. The number of carbonyl (C=O) groups is 1. The topological polar surface area (TPSA) is 58.4 Å². The Bertz CT molecular complexity index is 453. The van der Waals surface area contributed by atoms with Gasteiger partial charge in [-0.3, -0.25) is 4.79 Å². The molecule has 0 bridgehead atoms. The molecule has 0 saturated carbocycles. The number of amides is 1. The first-order valence-electron chi connectivity index (χ1n) is 7.77. The lowest BCUT2D eigenvalue weighted by molar-refractivity contribution is -0.116. The Kier molecular flexibility index (Phi) is 14.5. The third kappa shape index (κ3) is 10.6. The van der Waals surface area contributed by atoms with Crippen molar-refractivity contribution in [3.63, 3.8) is 0 Å². The Balaban J connectivity index is 0. The van der Waals surface area contributed by atoms with E-state index in [0.29, 0.717) is 6.42 Å². The number of benzene rings is 1. The Morgan fingerprint density at radius 2 is 1.78 bits per heavy atom. The summed E-state index contributed by atoms with van der Waals surface area (Å²) in [6.45, 7) is 3.64. The van der Waals surface area contributed by atoms with Crippen molar-refractivity contribution in [3.8, 4) is 0 Å². The fraction of sp³-hybridized carbons (Fsp3) is 0.588. The van der Waals surface area contributed by atoms with E-state index >= 15 is 0 Å². The summed E-state index contributed by atoms with van der Waals surface area (Å²) < 4.78 is 0. The highest BCUT2D eigenvalue weighted by atomic mass is 35.5. The maximum absolute atomic E-state index is 12.0. The number of rotatable bonds is 9. The number of unbranched alkanes of at least 4 members (excludes halogenated alkanes) is 3. The molecule has 0 heterocycles. The summed E-state index contributed by atoms with van der Waals surface area (Å²) >= 11 is 0. The molecule has 0 aliphatic carbocycles. The molecule has 134 valence electrons. The van der Waals surface area contributed by atoms with Crippen LogP contribution in [0.1, 0.15) is 43.2 Å². The van der Waals surface area contributed by atoms with Gasteiger partial charge in [0.2, 0.25) is 5.91 Å². The Morgan fingerprint density at radius 1 is 1.13 bits per heavy atom. The molecule has 1 aromatic rings. The molecule has 0 aliphatic heterocycles. The van der Waals surface area contributed by atoms with Gasteiger partial charge >= 0.3 is 0 Å². The molecule has 0 saturated heterocycles. The van der Waals surface area contributed by atoms with Crippen molar-refractivity contribution < 1.29 is 4.79 Å². The minimum atomic E-state index is 0. The number of nitrogens with zero attached hydrogens (tertiary/aromatic N) is 1. The standard InChI is InChI=1S/C17H29N3O.2ClH/c1-14-9-10-16(15(12-14)13-20(2)3)19-17(21)8-6-4-5-7-11-18;;/h9-10,12H,4-8,11,13,18H2,1-3H3,(H,19,21);2*1H. The van der Waals surface area contributed by atoms with Crippen LogP contribution in [0.5, 0.6) is 0 Å². The largest absolute Gasteiger partial charge is 0.330 e. The average molecular weight is 364 g/mol. The monoisotopic (exact) mass is 363 g/mol. The van der Waals surface area contributed by atoms with E-state index in [-0.39, 0.29) is 30.7 Å². The van der Waals surface area contributed by atoms with Crippen molar-refractivity contribution in [2.75, 3.05) is 26.0 Å². The van der Waals surface area contributed by atoms with Gasteiger partial charge in [0.15, 0.2) is 0 Å². The maximum Gasteiger partial charge on any atom is 0.224 e. The molecule has 1 aromatic carbocycles. The maximum atomic E-state index is 12.0. The Hall–Kier alpha value is -0.810. The van der Waals surface area contributed by atoms with E-state index < -0.39 is 0 Å². The van der Waals surface area contributed by atoms with Gasteiger partial charge in [-0.05, 0) is 52.0 Å². The molecule has 0 atom stereocenters. The van der Waals surface area contributed by atoms with Gasteiger partial charge in [-0.2, -0.15) is 0 Å². The fourth-order valence-corrected chi connectivity index (χ4v) is 2.31. The number of halogens is 2. The lowest BCUT2D eigenvalue weighted by Gasteiger charge is -2.16. The van der Waals surface area contributed by atoms with Crippen LogP contribution in [0.3, 0.4) is 0 Å². The lowest BCUT2D eigenvalue weighted by Crippen LogP contribution is -2.16. The number of nitrogens with two attached hydrogens (primary N) is 1. The molecule has 0 radical (unpaired) electrons. The highest BCUT2D eigenvalue weighted by molar-refractivity contribution is 5.91. The molecule has 0 spiro atoms. The van der Waals surface area contributed by atoms with E-state index in [0.717, 1.165) is 50.0 Å². The highest BCUT2D eigenvalue weighted by Gasteiger charge is 2.08. The van der Waals surface area contributed by atoms with Gasteiger partial charge in [-0.15, -0.1) is 24.8 Å². The molecular formula is C17H31Cl2N3O. The first-order valence-corrected chi connectivity index (χ1v) is 7.77. The van der Waals surface area contributed by atoms with Crippen LogP contribution in [0.15, 0.2) is 18.2 Å². The molecule has 1 rings (SSSR count). The number of aryl methyl sites for hydroxylation is 1. The lowest BCUT2D eigenvalue weighted by atomic mass is 10.1. The zero-order chi connectivity index (χ0) is 15.7. The summed E-state index contributed by atoms with van der Waals surface area (Å²) in [5, 5.41) is 3.04. The summed E-state index contributed by atoms with van der Waals surface area (Å²) in [6.07, 6.45) is 4.75. The third-order valence-electron chi connectivity index (χ3n) is 3.38. The van der Waals surface area contributed by atoms with Crippen LogP contribution < -0.4 is 11.1 Å². The van der Waals surface area contributed by atoms with Gasteiger partial charge in [0.1, 0.15) is 0 Å². The van der Waals surface area contributed by atoms with E-state index in [1.807, 2.05) is 26.2 Å². The number of hydrogen-bond acceptors (Lipinski definition) is 3.